The van der Waals surface area contributed by atoms with E-state index in [1.54, 1.807) is 24.3 Å². The highest BCUT2D eigenvalue weighted by Crippen LogP contribution is 2.20. The van der Waals surface area contributed by atoms with Crippen LogP contribution in [0.3, 0.4) is 0 Å². The second-order valence-electron chi connectivity index (χ2n) is 5.24. The van der Waals surface area contributed by atoms with Crippen molar-refractivity contribution in [3.05, 3.63) is 58.9 Å². The maximum absolute atomic E-state index is 13.0. The van der Waals surface area contributed by atoms with Crippen molar-refractivity contribution in [1.29, 1.82) is 5.26 Å². The molecule has 134 valence electrons. The SMILES string of the molecule is N#CCCN(C(=O)COC(=O)c1ccc(F)cc1N)c1cccc(Cl)c1. The summed E-state index contributed by atoms with van der Waals surface area (Å²) in [4.78, 5) is 25.8. The number of benzene rings is 2. The van der Waals surface area contributed by atoms with E-state index in [9.17, 15) is 14.0 Å². The van der Waals surface area contributed by atoms with Gasteiger partial charge >= 0.3 is 5.97 Å². The Labute approximate surface area is 154 Å². The van der Waals surface area contributed by atoms with Crippen molar-refractivity contribution in [3.8, 4) is 6.07 Å². The van der Waals surface area contributed by atoms with Crippen LogP contribution in [0.2, 0.25) is 5.02 Å². The number of hydrogen-bond donors (Lipinski definition) is 1. The maximum Gasteiger partial charge on any atom is 0.340 e. The van der Waals surface area contributed by atoms with Crippen molar-refractivity contribution in [2.24, 2.45) is 0 Å². The average Bonchev–Trinajstić information content (AvgIpc) is 2.60. The third kappa shape index (κ3) is 4.94. The van der Waals surface area contributed by atoms with Crippen molar-refractivity contribution in [2.75, 3.05) is 23.8 Å². The number of halogens is 2. The molecule has 0 heterocycles. The Morgan fingerprint density at radius 2 is 2.04 bits per heavy atom. The summed E-state index contributed by atoms with van der Waals surface area (Å²) in [6, 6.07) is 11.7. The fourth-order valence-corrected chi connectivity index (χ4v) is 2.39. The maximum atomic E-state index is 13.0. The summed E-state index contributed by atoms with van der Waals surface area (Å²) in [6.45, 7) is -0.445. The van der Waals surface area contributed by atoms with Crippen molar-refractivity contribution < 1.29 is 18.7 Å². The number of carbonyl (C=O) groups excluding carboxylic acids is 2. The first-order valence-electron chi connectivity index (χ1n) is 7.57. The molecule has 1 amide bonds. The van der Waals surface area contributed by atoms with Crippen LogP contribution in [0.1, 0.15) is 16.8 Å². The summed E-state index contributed by atoms with van der Waals surface area (Å²) in [5, 5.41) is 9.20. The lowest BCUT2D eigenvalue weighted by molar-refractivity contribution is -0.121. The Hall–Kier alpha value is -3.11. The predicted octanol–water partition coefficient (Wildman–Crippen LogP) is 3.16. The van der Waals surface area contributed by atoms with Crippen molar-refractivity contribution >= 4 is 34.9 Å². The average molecular weight is 376 g/mol. The van der Waals surface area contributed by atoms with Gasteiger partial charge in [-0.15, -0.1) is 0 Å². The van der Waals surface area contributed by atoms with Crippen LogP contribution in [0, 0.1) is 17.1 Å². The molecule has 0 spiro atoms. The van der Waals surface area contributed by atoms with Crippen LogP contribution in [-0.2, 0) is 9.53 Å². The fourth-order valence-electron chi connectivity index (χ4n) is 2.21. The van der Waals surface area contributed by atoms with E-state index in [2.05, 4.69) is 0 Å². The van der Waals surface area contributed by atoms with Gasteiger partial charge < -0.3 is 15.4 Å². The Morgan fingerprint density at radius 3 is 2.69 bits per heavy atom. The number of esters is 1. The van der Waals surface area contributed by atoms with Crippen molar-refractivity contribution in [1.82, 2.24) is 0 Å². The number of carbonyl (C=O) groups is 2. The molecule has 26 heavy (non-hydrogen) atoms. The van der Waals surface area contributed by atoms with E-state index in [1.807, 2.05) is 6.07 Å². The third-order valence-corrected chi connectivity index (χ3v) is 3.66. The van der Waals surface area contributed by atoms with E-state index in [0.29, 0.717) is 10.7 Å². The minimum Gasteiger partial charge on any atom is -0.452 e. The smallest absolute Gasteiger partial charge is 0.340 e. The van der Waals surface area contributed by atoms with Crippen LogP contribution in [0.4, 0.5) is 15.8 Å². The number of nitrogens with two attached hydrogens (primary N) is 1. The number of hydrogen-bond acceptors (Lipinski definition) is 5. The van der Waals surface area contributed by atoms with Gasteiger partial charge in [0.25, 0.3) is 5.91 Å². The van der Waals surface area contributed by atoms with Crippen LogP contribution < -0.4 is 10.6 Å². The number of nitrogen functional groups attached to an aromatic ring is 1. The lowest BCUT2D eigenvalue weighted by atomic mass is 10.2. The molecule has 0 saturated carbocycles. The Morgan fingerprint density at radius 1 is 1.27 bits per heavy atom. The van der Waals surface area contributed by atoms with Gasteiger partial charge in [0.2, 0.25) is 0 Å². The molecular weight excluding hydrogens is 361 g/mol. The van der Waals surface area contributed by atoms with Crippen LogP contribution in [-0.4, -0.2) is 25.0 Å². The molecule has 0 saturated heterocycles. The molecule has 0 aliphatic heterocycles. The molecule has 0 fully saturated rings. The van der Waals surface area contributed by atoms with Crippen molar-refractivity contribution in [2.45, 2.75) is 6.42 Å². The summed E-state index contributed by atoms with van der Waals surface area (Å²) in [5.41, 5.74) is 5.94. The molecule has 2 aromatic rings. The molecule has 8 heteroatoms. The van der Waals surface area contributed by atoms with Crippen LogP contribution in [0.25, 0.3) is 0 Å². The fraction of sp³-hybridized carbons (Fsp3) is 0.167. The Bertz CT molecular complexity index is 867. The first-order chi connectivity index (χ1) is 12.4. The van der Waals surface area contributed by atoms with Crippen LogP contribution in [0.15, 0.2) is 42.5 Å². The summed E-state index contributed by atoms with van der Waals surface area (Å²) in [5.74, 6) is -1.96. The number of amides is 1. The molecule has 6 nitrogen and oxygen atoms in total. The topological polar surface area (TPSA) is 96.4 Å². The van der Waals surface area contributed by atoms with Crippen LogP contribution >= 0.6 is 11.6 Å². The van der Waals surface area contributed by atoms with Gasteiger partial charge in [0.15, 0.2) is 6.61 Å². The molecule has 0 aliphatic rings. The summed E-state index contributed by atoms with van der Waals surface area (Å²) in [7, 11) is 0. The quantitative estimate of drug-likeness (QED) is 0.618. The normalized spacial score (nSPS) is 10.0. The number of rotatable bonds is 6. The van der Waals surface area contributed by atoms with Gasteiger partial charge in [0.1, 0.15) is 5.82 Å². The highest BCUT2D eigenvalue weighted by molar-refractivity contribution is 6.30. The second kappa shape index (κ2) is 8.83. The summed E-state index contributed by atoms with van der Waals surface area (Å²) < 4.78 is 18.0. The molecule has 0 unspecified atom stereocenters. The molecule has 0 bridgehead atoms. The van der Waals surface area contributed by atoms with E-state index < -0.39 is 24.3 Å². The van der Waals surface area contributed by atoms with Gasteiger partial charge in [-0.2, -0.15) is 5.26 Å². The van der Waals surface area contributed by atoms with Crippen molar-refractivity contribution in [3.63, 3.8) is 0 Å². The number of anilines is 2. The molecule has 0 aliphatic carbocycles. The lowest BCUT2D eigenvalue weighted by Crippen LogP contribution is -2.35. The van der Waals surface area contributed by atoms with E-state index >= 15 is 0 Å². The molecular formula is C18H15ClFN3O3. The second-order valence-corrected chi connectivity index (χ2v) is 5.68. The number of nitrogens with zero attached hydrogens (tertiary/aromatic N) is 2. The Balaban J connectivity index is 2.09. The minimum atomic E-state index is -0.845. The van der Waals surface area contributed by atoms with Gasteiger partial charge in [0.05, 0.1) is 18.1 Å². The first-order valence-corrected chi connectivity index (χ1v) is 7.95. The van der Waals surface area contributed by atoms with Gasteiger partial charge in [-0.25, -0.2) is 9.18 Å². The van der Waals surface area contributed by atoms with Gasteiger partial charge in [-0.3, -0.25) is 4.79 Å². The summed E-state index contributed by atoms with van der Waals surface area (Å²) >= 11 is 5.93. The number of ether oxygens (including phenoxy) is 1. The third-order valence-electron chi connectivity index (χ3n) is 3.43. The van der Waals surface area contributed by atoms with E-state index in [-0.39, 0.29) is 24.2 Å². The molecule has 0 radical (unpaired) electrons. The molecule has 0 atom stereocenters. The number of nitriles is 1. The predicted molar refractivity (Wildman–Crippen MR) is 95.1 cm³/mol. The zero-order valence-electron chi connectivity index (χ0n) is 13.6. The van der Waals surface area contributed by atoms with E-state index in [0.717, 1.165) is 12.1 Å². The van der Waals surface area contributed by atoms with E-state index in [1.165, 1.54) is 11.0 Å². The largest absolute Gasteiger partial charge is 0.452 e. The molecule has 2 rings (SSSR count). The molecule has 2 aromatic carbocycles. The minimum absolute atomic E-state index is 0.0365. The zero-order valence-corrected chi connectivity index (χ0v) is 14.4. The molecule has 2 N–H and O–H groups in total. The lowest BCUT2D eigenvalue weighted by Gasteiger charge is -2.22. The Kier molecular flexibility index (Phi) is 6.53. The van der Waals surface area contributed by atoms with E-state index in [4.69, 9.17) is 27.3 Å². The first kappa shape index (κ1) is 19.2. The summed E-state index contributed by atoms with van der Waals surface area (Å²) in [6.07, 6.45) is 0.0944. The van der Waals surface area contributed by atoms with Gasteiger partial charge in [0, 0.05) is 22.9 Å². The van der Waals surface area contributed by atoms with Crippen LogP contribution in [0.5, 0.6) is 0 Å². The monoisotopic (exact) mass is 375 g/mol. The zero-order chi connectivity index (χ0) is 19.1. The van der Waals surface area contributed by atoms with Gasteiger partial charge in [-0.05, 0) is 36.4 Å². The van der Waals surface area contributed by atoms with Gasteiger partial charge in [-0.1, -0.05) is 17.7 Å². The standard InChI is InChI=1S/C18H15ClFN3O3/c19-12-3-1-4-14(9-12)23(8-2-7-21)17(24)11-26-18(25)15-6-5-13(20)10-16(15)22/h1,3-6,9-10H,2,8,11,22H2. The highest BCUT2D eigenvalue weighted by atomic mass is 35.5. The highest BCUT2D eigenvalue weighted by Gasteiger charge is 2.19. The molecule has 0 aromatic heterocycles.